The van der Waals surface area contributed by atoms with Crippen molar-refractivity contribution in [2.75, 3.05) is 22.1 Å². The normalized spacial score (nSPS) is 12.5. The second-order valence-corrected chi connectivity index (χ2v) is 8.17. The van der Waals surface area contributed by atoms with E-state index in [9.17, 15) is 17.6 Å². The zero-order valence-electron chi connectivity index (χ0n) is 14.1. The maximum Gasteiger partial charge on any atom is 0.247 e. The van der Waals surface area contributed by atoms with Gasteiger partial charge in [0.2, 0.25) is 15.9 Å². The molecule has 2 rings (SSSR count). The molecule has 0 aliphatic rings. The van der Waals surface area contributed by atoms with E-state index in [1.165, 1.54) is 36.9 Å². The van der Waals surface area contributed by atoms with Crippen LogP contribution in [0.5, 0.6) is 0 Å². The molecule has 134 valence electrons. The van der Waals surface area contributed by atoms with Gasteiger partial charge >= 0.3 is 0 Å². The first-order valence-corrected chi connectivity index (χ1v) is 10.5. The smallest absolute Gasteiger partial charge is 0.247 e. The van der Waals surface area contributed by atoms with Crippen molar-refractivity contribution in [3.05, 3.63) is 54.3 Å². The first kappa shape index (κ1) is 19.3. The zero-order chi connectivity index (χ0) is 18.6. The number of halogens is 1. The third kappa shape index (κ3) is 4.96. The van der Waals surface area contributed by atoms with Gasteiger partial charge in [0, 0.05) is 10.6 Å². The summed E-state index contributed by atoms with van der Waals surface area (Å²) in [7, 11) is -3.78. The van der Waals surface area contributed by atoms with Crippen LogP contribution in [-0.4, -0.2) is 32.9 Å². The van der Waals surface area contributed by atoms with Gasteiger partial charge in [-0.2, -0.15) is 0 Å². The van der Waals surface area contributed by atoms with Crippen molar-refractivity contribution in [1.29, 1.82) is 0 Å². The van der Waals surface area contributed by atoms with Gasteiger partial charge in [0.05, 0.1) is 11.9 Å². The van der Waals surface area contributed by atoms with Gasteiger partial charge in [-0.1, -0.05) is 12.1 Å². The Morgan fingerprint density at radius 3 is 2.48 bits per heavy atom. The van der Waals surface area contributed by atoms with E-state index < -0.39 is 27.8 Å². The molecule has 0 fully saturated rings. The molecule has 2 aromatic carbocycles. The summed E-state index contributed by atoms with van der Waals surface area (Å²) in [4.78, 5) is 13.5. The van der Waals surface area contributed by atoms with Crippen LogP contribution in [0, 0.1) is 5.82 Å². The maximum absolute atomic E-state index is 13.5. The van der Waals surface area contributed by atoms with Crippen LogP contribution in [0.25, 0.3) is 0 Å². The molecule has 0 aliphatic carbocycles. The van der Waals surface area contributed by atoms with E-state index >= 15 is 0 Å². The number of hydrogen-bond acceptors (Lipinski definition) is 4. The van der Waals surface area contributed by atoms with Crippen molar-refractivity contribution < 1.29 is 17.6 Å². The fourth-order valence-electron chi connectivity index (χ4n) is 2.37. The number of carbonyl (C=O) groups is 1. The molecule has 0 aromatic heterocycles. The van der Waals surface area contributed by atoms with E-state index in [-0.39, 0.29) is 5.69 Å². The lowest BCUT2D eigenvalue weighted by Crippen LogP contribution is -2.45. The number of nitrogens with one attached hydrogen (secondary N) is 1. The number of rotatable bonds is 6. The van der Waals surface area contributed by atoms with Crippen LogP contribution in [0.3, 0.4) is 0 Å². The fourth-order valence-corrected chi connectivity index (χ4v) is 4.00. The van der Waals surface area contributed by atoms with Crippen LogP contribution in [-0.2, 0) is 14.8 Å². The highest BCUT2D eigenvalue weighted by atomic mass is 32.2. The molecule has 1 N–H and O–H groups in total. The van der Waals surface area contributed by atoms with Gasteiger partial charge in [0.25, 0.3) is 0 Å². The van der Waals surface area contributed by atoms with Gasteiger partial charge in [-0.3, -0.25) is 9.10 Å². The summed E-state index contributed by atoms with van der Waals surface area (Å²) in [5, 5.41) is 2.70. The van der Waals surface area contributed by atoms with E-state index in [4.69, 9.17) is 0 Å². The van der Waals surface area contributed by atoms with Crippen molar-refractivity contribution in [2.24, 2.45) is 0 Å². The lowest BCUT2D eigenvalue weighted by molar-refractivity contribution is -0.116. The number of nitrogens with zero attached hydrogens (tertiary/aromatic N) is 1. The minimum atomic E-state index is -3.78. The number of carbonyl (C=O) groups excluding carboxylic acids is 1. The van der Waals surface area contributed by atoms with Crippen molar-refractivity contribution in [1.82, 2.24) is 0 Å². The van der Waals surface area contributed by atoms with E-state index in [1.807, 2.05) is 12.3 Å². The van der Waals surface area contributed by atoms with Crippen LogP contribution in [0.15, 0.2) is 53.4 Å². The molecular weight excluding hydrogens is 363 g/mol. The molecule has 25 heavy (non-hydrogen) atoms. The van der Waals surface area contributed by atoms with Gasteiger partial charge in [-0.05, 0) is 49.6 Å². The van der Waals surface area contributed by atoms with Crippen LogP contribution < -0.4 is 9.62 Å². The lowest BCUT2D eigenvalue weighted by Gasteiger charge is -2.28. The van der Waals surface area contributed by atoms with Gasteiger partial charge < -0.3 is 5.32 Å². The minimum absolute atomic E-state index is 0.100. The Morgan fingerprint density at radius 1 is 1.20 bits per heavy atom. The molecule has 0 heterocycles. The molecule has 0 radical (unpaired) electrons. The summed E-state index contributed by atoms with van der Waals surface area (Å²) in [6.07, 6.45) is 2.90. The number of sulfonamides is 1. The molecule has 0 unspecified atom stereocenters. The highest BCUT2D eigenvalue weighted by Gasteiger charge is 2.29. The van der Waals surface area contributed by atoms with E-state index in [2.05, 4.69) is 5.32 Å². The first-order valence-electron chi connectivity index (χ1n) is 7.42. The number of hydrogen-bond donors (Lipinski definition) is 1. The summed E-state index contributed by atoms with van der Waals surface area (Å²) in [5.41, 5.74) is 0.666. The molecule has 5 nitrogen and oxygen atoms in total. The standard InChI is InChI=1S/C17H19FN2O3S2/c1-12(17(21)19-14-7-5-9-16(11-14)24-2)20(25(3,22)23)15-8-4-6-13(18)10-15/h4-12H,1-3H3,(H,19,21)/t12-/m0/s1. The average molecular weight is 382 g/mol. The lowest BCUT2D eigenvalue weighted by atomic mass is 10.2. The second kappa shape index (κ2) is 7.88. The molecule has 8 heteroatoms. The molecule has 0 bridgehead atoms. The van der Waals surface area contributed by atoms with Crippen molar-refractivity contribution >= 4 is 39.1 Å². The van der Waals surface area contributed by atoms with Crippen LogP contribution in [0.1, 0.15) is 6.92 Å². The molecular formula is C17H19FN2O3S2. The predicted molar refractivity (Wildman–Crippen MR) is 100 cm³/mol. The maximum atomic E-state index is 13.5. The van der Waals surface area contributed by atoms with Gasteiger partial charge in [-0.15, -0.1) is 11.8 Å². The highest BCUT2D eigenvalue weighted by Crippen LogP contribution is 2.23. The summed E-state index contributed by atoms with van der Waals surface area (Å²) in [6, 6.07) is 11.3. The zero-order valence-corrected chi connectivity index (χ0v) is 15.7. The molecule has 0 spiro atoms. The van der Waals surface area contributed by atoms with Crippen LogP contribution in [0.4, 0.5) is 15.8 Å². The third-order valence-corrected chi connectivity index (χ3v) is 5.46. The van der Waals surface area contributed by atoms with Crippen LogP contribution >= 0.6 is 11.8 Å². The summed E-state index contributed by atoms with van der Waals surface area (Å²) in [5.74, 6) is -1.08. The van der Waals surface area contributed by atoms with Crippen molar-refractivity contribution in [3.63, 3.8) is 0 Å². The van der Waals surface area contributed by atoms with E-state index in [0.29, 0.717) is 5.69 Å². The largest absolute Gasteiger partial charge is 0.324 e. The highest BCUT2D eigenvalue weighted by molar-refractivity contribution is 7.98. The number of amides is 1. The Bertz CT molecular complexity index is 872. The summed E-state index contributed by atoms with van der Waals surface area (Å²) in [6.45, 7) is 1.46. The SMILES string of the molecule is CSc1cccc(NC(=O)[C@H](C)N(c2cccc(F)c2)S(C)(=O)=O)c1. The first-order chi connectivity index (χ1) is 11.7. The van der Waals surface area contributed by atoms with Gasteiger partial charge in [-0.25, -0.2) is 12.8 Å². The summed E-state index contributed by atoms with van der Waals surface area (Å²) >= 11 is 1.53. The van der Waals surface area contributed by atoms with Crippen LogP contribution in [0.2, 0.25) is 0 Å². The predicted octanol–water partition coefficient (Wildman–Crippen LogP) is 3.34. The molecule has 2 aromatic rings. The Balaban J connectivity index is 2.30. The Hall–Kier alpha value is -2.06. The Labute approximate surface area is 151 Å². The number of anilines is 2. The molecule has 1 amide bonds. The number of thioether (sulfide) groups is 1. The Kier molecular flexibility index (Phi) is 6.07. The monoisotopic (exact) mass is 382 g/mol. The van der Waals surface area contributed by atoms with E-state index in [1.54, 1.807) is 18.2 Å². The third-order valence-electron chi connectivity index (χ3n) is 3.49. The molecule has 0 saturated heterocycles. The molecule has 1 atom stereocenters. The summed E-state index contributed by atoms with van der Waals surface area (Å²) < 4.78 is 38.7. The second-order valence-electron chi connectivity index (χ2n) is 5.44. The average Bonchev–Trinajstić information content (AvgIpc) is 2.53. The molecule has 0 aliphatic heterocycles. The Morgan fingerprint density at radius 2 is 1.88 bits per heavy atom. The topological polar surface area (TPSA) is 66.5 Å². The van der Waals surface area contributed by atoms with E-state index in [0.717, 1.165) is 21.5 Å². The van der Waals surface area contributed by atoms with Crippen molar-refractivity contribution in [2.45, 2.75) is 17.9 Å². The van der Waals surface area contributed by atoms with Gasteiger partial charge in [0.1, 0.15) is 11.9 Å². The van der Waals surface area contributed by atoms with Crippen molar-refractivity contribution in [3.8, 4) is 0 Å². The molecule has 0 saturated carbocycles. The van der Waals surface area contributed by atoms with Gasteiger partial charge in [0.15, 0.2) is 0 Å². The fraction of sp³-hybridized carbons (Fsp3) is 0.235. The quantitative estimate of drug-likeness (QED) is 0.778. The number of benzene rings is 2. The minimum Gasteiger partial charge on any atom is -0.324 e.